The molecular formula is C16H24FN3. The summed E-state index contributed by atoms with van der Waals surface area (Å²) in [4.78, 5) is 6.48. The SMILES string of the molecule is C=CCN(c1ncc(F)cc1CNC1CC1)C(C)(C)C. The number of nitrogens with zero attached hydrogens (tertiary/aromatic N) is 2. The molecule has 110 valence electrons. The molecule has 0 aromatic carbocycles. The second kappa shape index (κ2) is 5.92. The van der Waals surface area contributed by atoms with Crippen molar-refractivity contribution in [1.82, 2.24) is 10.3 Å². The van der Waals surface area contributed by atoms with Crippen LogP contribution in [-0.4, -0.2) is 23.1 Å². The summed E-state index contributed by atoms with van der Waals surface area (Å²) < 4.78 is 13.5. The van der Waals surface area contributed by atoms with E-state index >= 15 is 0 Å². The zero-order valence-corrected chi connectivity index (χ0v) is 12.6. The van der Waals surface area contributed by atoms with Crippen LogP contribution in [0.2, 0.25) is 0 Å². The van der Waals surface area contributed by atoms with Crippen molar-refractivity contribution in [2.24, 2.45) is 0 Å². The summed E-state index contributed by atoms with van der Waals surface area (Å²) in [5, 5.41) is 3.43. The predicted octanol–water partition coefficient (Wildman–Crippen LogP) is 3.26. The fourth-order valence-corrected chi connectivity index (χ4v) is 2.20. The Hall–Kier alpha value is -1.42. The Morgan fingerprint density at radius 1 is 1.50 bits per heavy atom. The first-order chi connectivity index (χ1) is 9.41. The highest BCUT2D eigenvalue weighted by Crippen LogP contribution is 2.27. The van der Waals surface area contributed by atoms with E-state index in [0.29, 0.717) is 19.1 Å². The third-order valence-electron chi connectivity index (χ3n) is 3.45. The van der Waals surface area contributed by atoms with E-state index in [4.69, 9.17) is 0 Å². The van der Waals surface area contributed by atoms with Crippen LogP contribution in [0.3, 0.4) is 0 Å². The van der Waals surface area contributed by atoms with Crippen molar-refractivity contribution in [2.45, 2.75) is 51.7 Å². The smallest absolute Gasteiger partial charge is 0.141 e. The van der Waals surface area contributed by atoms with Crippen LogP contribution in [0.1, 0.15) is 39.2 Å². The van der Waals surface area contributed by atoms with Gasteiger partial charge in [-0.15, -0.1) is 6.58 Å². The summed E-state index contributed by atoms with van der Waals surface area (Å²) in [6.45, 7) is 11.5. The second-order valence-electron chi connectivity index (χ2n) is 6.36. The number of rotatable bonds is 6. The Bertz CT molecular complexity index is 475. The van der Waals surface area contributed by atoms with Crippen molar-refractivity contribution in [3.63, 3.8) is 0 Å². The molecule has 0 saturated heterocycles. The van der Waals surface area contributed by atoms with Crippen molar-refractivity contribution >= 4 is 5.82 Å². The van der Waals surface area contributed by atoms with Gasteiger partial charge in [0.15, 0.2) is 0 Å². The summed E-state index contributed by atoms with van der Waals surface area (Å²) in [6.07, 6.45) is 5.58. The molecule has 1 saturated carbocycles. The maximum atomic E-state index is 13.5. The highest BCUT2D eigenvalue weighted by molar-refractivity contribution is 5.49. The molecule has 1 heterocycles. The van der Waals surface area contributed by atoms with E-state index in [1.807, 2.05) is 6.08 Å². The summed E-state index contributed by atoms with van der Waals surface area (Å²) in [7, 11) is 0. The molecule has 1 aromatic heterocycles. The zero-order chi connectivity index (χ0) is 14.8. The van der Waals surface area contributed by atoms with Gasteiger partial charge in [0, 0.05) is 30.2 Å². The third-order valence-corrected chi connectivity index (χ3v) is 3.45. The lowest BCUT2D eigenvalue weighted by Crippen LogP contribution is -2.43. The lowest BCUT2D eigenvalue weighted by Gasteiger charge is -2.37. The van der Waals surface area contributed by atoms with Crippen molar-refractivity contribution < 1.29 is 4.39 Å². The van der Waals surface area contributed by atoms with Crippen LogP contribution in [0.25, 0.3) is 0 Å². The fraction of sp³-hybridized carbons (Fsp3) is 0.562. The van der Waals surface area contributed by atoms with Gasteiger partial charge < -0.3 is 10.2 Å². The van der Waals surface area contributed by atoms with Crippen molar-refractivity contribution in [1.29, 1.82) is 0 Å². The number of pyridine rings is 1. The first-order valence-corrected chi connectivity index (χ1v) is 7.18. The average Bonchev–Trinajstić information content (AvgIpc) is 3.17. The summed E-state index contributed by atoms with van der Waals surface area (Å²) in [6, 6.07) is 2.17. The van der Waals surface area contributed by atoms with Crippen molar-refractivity contribution in [2.75, 3.05) is 11.4 Å². The quantitative estimate of drug-likeness (QED) is 0.809. The largest absolute Gasteiger partial charge is 0.348 e. The van der Waals surface area contributed by atoms with Gasteiger partial charge >= 0.3 is 0 Å². The summed E-state index contributed by atoms with van der Waals surface area (Å²) in [5.41, 5.74) is 0.821. The minimum absolute atomic E-state index is 0.0899. The average molecular weight is 277 g/mol. The molecule has 0 aliphatic heterocycles. The monoisotopic (exact) mass is 277 g/mol. The molecule has 1 aliphatic rings. The molecule has 1 N–H and O–H groups in total. The Morgan fingerprint density at radius 2 is 2.20 bits per heavy atom. The molecule has 0 atom stereocenters. The van der Waals surface area contributed by atoms with E-state index in [-0.39, 0.29) is 11.4 Å². The molecule has 1 aliphatic carbocycles. The number of hydrogen-bond acceptors (Lipinski definition) is 3. The highest BCUT2D eigenvalue weighted by atomic mass is 19.1. The van der Waals surface area contributed by atoms with Gasteiger partial charge in [-0.1, -0.05) is 6.08 Å². The molecule has 3 nitrogen and oxygen atoms in total. The van der Waals surface area contributed by atoms with Crippen LogP contribution in [0.4, 0.5) is 10.2 Å². The van der Waals surface area contributed by atoms with Gasteiger partial charge in [0.2, 0.25) is 0 Å². The Morgan fingerprint density at radius 3 is 2.75 bits per heavy atom. The van der Waals surface area contributed by atoms with Crippen LogP contribution in [-0.2, 0) is 6.54 Å². The van der Waals surface area contributed by atoms with Gasteiger partial charge in [0.25, 0.3) is 0 Å². The van der Waals surface area contributed by atoms with Crippen molar-refractivity contribution in [3.05, 3.63) is 36.3 Å². The molecule has 1 fully saturated rings. The Balaban J connectivity index is 2.28. The normalized spacial score (nSPS) is 15.2. The number of anilines is 1. The van der Waals surface area contributed by atoms with Crippen molar-refractivity contribution in [3.8, 4) is 0 Å². The summed E-state index contributed by atoms with van der Waals surface area (Å²) in [5.74, 6) is 0.556. The first kappa shape index (κ1) is 15.0. The van der Waals surface area contributed by atoms with E-state index in [1.54, 1.807) is 6.07 Å². The Kier molecular flexibility index (Phi) is 4.43. The van der Waals surface area contributed by atoms with Gasteiger partial charge in [-0.3, -0.25) is 0 Å². The number of aromatic nitrogens is 1. The lowest BCUT2D eigenvalue weighted by molar-refractivity contribution is 0.511. The van der Waals surface area contributed by atoms with Crippen LogP contribution in [0.15, 0.2) is 24.9 Å². The van der Waals surface area contributed by atoms with Gasteiger partial charge in [-0.05, 0) is 39.7 Å². The fourth-order valence-electron chi connectivity index (χ4n) is 2.20. The van der Waals surface area contributed by atoms with E-state index in [2.05, 4.69) is 42.6 Å². The molecule has 0 spiro atoms. The maximum Gasteiger partial charge on any atom is 0.141 e. The van der Waals surface area contributed by atoms with E-state index in [9.17, 15) is 4.39 Å². The zero-order valence-electron chi connectivity index (χ0n) is 12.6. The van der Waals surface area contributed by atoms with Gasteiger partial charge in [0.05, 0.1) is 6.20 Å². The maximum absolute atomic E-state index is 13.5. The topological polar surface area (TPSA) is 28.2 Å². The molecule has 2 rings (SSSR count). The van der Waals surface area contributed by atoms with Crippen LogP contribution >= 0.6 is 0 Å². The van der Waals surface area contributed by atoms with Crippen LogP contribution in [0, 0.1) is 5.82 Å². The lowest BCUT2D eigenvalue weighted by atomic mass is 10.0. The van der Waals surface area contributed by atoms with Crippen LogP contribution < -0.4 is 10.2 Å². The minimum atomic E-state index is -0.284. The first-order valence-electron chi connectivity index (χ1n) is 7.18. The van der Waals surface area contributed by atoms with E-state index < -0.39 is 0 Å². The highest BCUT2D eigenvalue weighted by Gasteiger charge is 2.26. The molecule has 0 radical (unpaired) electrons. The predicted molar refractivity (Wildman–Crippen MR) is 81.4 cm³/mol. The van der Waals surface area contributed by atoms with E-state index in [1.165, 1.54) is 19.0 Å². The van der Waals surface area contributed by atoms with Gasteiger partial charge in [-0.2, -0.15) is 0 Å². The summed E-state index contributed by atoms with van der Waals surface area (Å²) >= 11 is 0. The standard InChI is InChI=1S/C16H24FN3/c1-5-8-20(16(2,3)4)15-12(9-13(17)11-19-15)10-18-14-6-7-14/h5,9,11,14,18H,1,6-8,10H2,2-4H3. The minimum Gasteiger partial charge on any atom is -0.348 e. The molecule has 1 aromatic rings. The number of hydrogen-bond donors (Lipinski definition) is 1. The molecule has 4 heteroatoms. The molecule has 20 heavy (non-hydrogen) atoms. The Labute approximate surface area is 120 Å². The second-order valence-corrected chi connectivity index (χ2v) is 6.36. The number of halogens is 1. The molecule has 0 amide bonds. The third kappa shape index (κ3) is 3.79. The van der Waals surface area contributed by atoms with Crippen LogP contribution in [0.5, 0.6) is 0 Å². The van der Waals surface area contributed by atoms with Gasteiger partial charge in [0.1, 0.15) is 11.6 Å². The molecular weight excluding hydrogens is 253 g/mol. The molecule has 0 unspecified atom stereocenters. The van der Waals surface area contributed by atoms with Gasteiger partial charge in [-0.25, -0.2) is 9.37 Å². The number of nitrogens with one attached hydrogen (secondary N) is 1. The van der Waals surface area contributed by atoms with E-state index in [0.717, 1.165) is 11.4 Å². The molecule has 0 bridgehead atoms.